The van der Waals surface area contributed by atoms with Gasteiger partial charge in [0.15, 0.2) is 0 Å². The molecule has 0 fully saturated rings. The normalized spacial score (nSPS) is 10.1. The minimum absolute atomic E-state index is 0.213. The molecule has 1 aromatic heterocycles. The second-order valence-corrected chi connectivity index (χ2v) is 4.77. The molecule has 90 valence electrons. The molecule has 1 aromatic carbocycles. The third-order valence-electron chi connectivity index (χ3n) is 2.56. The van der Waals surface area contributed by atoms with Crippen LogP contribution in [0.3, 0.4) is 0 Å². The van der Waals surface area contributed by atoms with E-state index in [1.54, 1.807) is 18.2 Å². The summed E-state index contributed by atoms with van der Waals surface area (Å²) >= 11 is 2.05. The summed E-state index contributed by atoms with van der Waals surface area (Å²) in [6.07, 6.45) is 2.58. The summed E-state index contributed by atoms with van der Waals surface area (Å²) in [6, 6.07) is 7.23. The number of halogens is 2. The molecule has 5 heteroatoms. The summed E-state index contributed by atoms with van der Waals surface area (Å²) in [6.45, 7) is -0.389. The average molecular weight is 354 g/mol. The van der Waals surface area contributed by atoms with Gasteiger partial charge in [-0.15, -0.1) is 0 Å². The summed E-state index contributed by atoms with van der Waals surface area (Å²) < 4.78 is 14.3. The van der Waals surface area contributed by atoms with Crippen molar-refractivity contribution in [1.82, 2.24) is 4.98 Å². The predicted octanol–water partition coefficient (Wildman–Crippen LogP) is 2.86. The molecule has 0 aliphatic rings. The number of aliphatic hydroxyl groups is 1. The number of hydrogen-bond donors (Lipinski definition) is 1. The Morgan fingerprint density at radius 1 is 1.39 bits per heavy atom. The predicted molar refractivity (Wildman–Crippen MR) is 73.0 cm³/mol. The quantitative estimate of drug-likeness (QED) is 0.844. The Kier molecular flexibility index (Phi) is 3.89. The van der Waals surface area contributed by atoms with E-state index in [2.05, 4.69) is 11.1 Å². The second kappa shape index (κ2) is 5.42. The molecule has 0 aliphatic carbocycles. The maximum Gasteiger partial charge on any atom is 0.147 e. The van der Waals surface area contributed by atoms with Gasteiger partial charge in [0, 0.05) is 20.9 Å². The van der Waals surface area contributed by atoms with E-state index >= 15 is 0 Å². The van der Waals surface area contributed by atoms with Gasteiger partial charge in [0.05, 0.1) is 18.4 Å². The number of benzene rings is 1. The molecule has 0 radical (unpaired) electrons. The highest BCUT2D eigenvalue weighted by atomic mass is 127. The molecule has 1 N–H and O–H groups in total. The van der Waals surface area contributed by atoms with E-state index in [-0.39, 0.29) is 12.2 Å². The Morgan fingerprint density at radius 3 is 2.78 bits per heavy atom. The van der Waals surface area contributed by atoms with Crippen LogP contribution in [-0.2, 0) is 6.61 Å². The molecule has 0 amide bonds. The first kappa shape index (κ1) is 12.9. The molecule has 0 saturated heterocycles. The molecular formula is C13H8FIN2O. The van der Waals surface area contributed by atoms with Crippen molar-refractivity contribution in [3.8, 4) is 17.2 Å². The number of rotatable bonds is 2. The summed E-state index contributed by atoms with van der Waals surface area (Å²) in [7, 11) is 0. The van der Waals surface area contributed by atoms with E-state index in [1.807, 2.05) is 22.6 Å². The maximum atomic E-state index is 13.5. The molecule has 2 aromatic rings. The van der Waals surface area contributed by atoms with Crippen LogP contribution in [0.2, 0.25) is 0 Å². The van der Waals surface area contributed by atoms with Crippen molar-refractivity contribution in [1.29, 1.82) is 5.26 Å². The molecule has 0 atom stereocenters. The van der Waals surface area contributed by atoms with Crippen LogP contribution >= 0.6 is 22.6 Å². The van der Waals surface area contributed by atoms with Crippen LogP contribution in [0.5, 0.6) is 0 Å². The van der Waals surface area contributed by atoms with Crippen molar-refractivity contribution < 1.29 is 9.50 Å². The van der Waals surface area contributed by atoms with Crippen LogP contribution in [0.1, 0.15) is 11.1 Å². The van der Waals surface area contributed by atoms with Gasteiger partial charge in [-0.3, -0.25) is 4.98 Å². The highest BCUT2D eigenvalue weighted by Gasteiger charge is 2.11. The molecule has 0 saturated carbocycles. The number of nitriles is 1. The third kappa shape index (κ3) is 2.35. The smallest absolute Gasteiger partial charge is 0.147 e. The van der Waals surface area contributed by atoms with Crippen molar-refractivity contribution in [3.05, 3.63) is 51.1 Å². The lowest BCUT2D eigenvalue weighted by Crippen LogP contribution is -1.96. The van der Waals surface area contributed by atoms with Gasteiger partial charge in [-0.1, -0.05) is 6.07 Å². The Hall–Kier alpha value is -1.52. The van der Waals surface area contributed by atoms with Crippen molar-refractivity contribution >= 4 is 22.6 Å². The van der Waals surface area contributed by atoms with E-state index in [9.17, 15) is 9.50 Å². The summed E-state index contributed by atoms with van der Waals surface area (Å²) in [4.78, 5) is 3.79. The van der Waals surface area contributed by atoms with Crippen molar-refractivity contribution in [2.45, 2.75) is 6.61 Å². The second-order valence-electron chi connectivity index (χ2n) is 3.61. The Morgan fingerprint density at radius 2 is 2.17 bits per heavy atom. The molecule has 0 bridgehead atoms. The lowest BCUT2D eigenvalue weighted by molar-refractivity contribution is 0.276. The molecule has 3 nitrogen and oxygen atoms in total. The van der Waals surface area contributed by atoms with E-state index in [0.717, 1.165) is 15.3 Å². The standard InChI is InChI=1S/C13H8FIN2O/c14-12-6-17-5-10(11(12)7-18)8-1-2-9(4-16)13(15)3-8/h1-3,5-6,18H,7H2. The Balaban J connectivity index is 2.60. The van der Waals surface area contributed by atoms with Gasteiger partial charge in [-0.2, -0.15) is 5.26 Å². The fraction of sp³-hybridized carbons (Fsp3) is 0.0769. The van der Waals surface area contributed by atoms with Gasteiger partial charge >= 0.3 is 0 Å². The monoisotopic (exact) mass is 354 g/mol. The van der Waals surface area contributed by atoms with Gasteiger partial charge in [-0.25, -0.2) is 4.39 Å². The van der Waals surface area contributed by atoms with Crippen LogP contribution in [0.4, 0.5) is 4.39 Å². The van der Waals surface area contributed by atoms with E-state index in [0.29, 0.717) is 11.1 Å². The van der Waals surface area contributed by atoms with Crippen LogP contribution in [0.25, 0.3) is 11.1 Å². The van der Waals surface area contributed by atoms with E-state index in [1.165, 1.54) is 6.20 Å². The SMILES string of the molecule is N#Cc1ccc(-c2cncc(F)c2CO)cc1I. The van der Waals surface area contributed by atoms with Crippen LogP contribution < -0.4 is 0 Å². The summed E-state index contributed by atoms with van der Waals surface area (Å²) in [5.41, 5.74) is 2.05. The topological polar surface area (TPSA) is 56.9 Å². The van der Waals surface area contributed by atoms with E-state index < -0.39 is 5.82 Å². The molecule has 0 spiro atoms. The number of nitrogens with zero attached hydrogens (tertiary/aromatic N) is 2. The third-order valence-corrected chi connectivity index (χ3v) is 3.46. The first-order chi connectivity index (χ1) is 8.67. The molecule has 1 heterocycles. The van der Waals surface area contributed by atoms with Crippen LogP contribution in [0.15, 0.2) is 30.6 Å². The number of pyridine rings is 1. The van der Waals surface area contributed by atoms with E-state index in [4.69, 9.17) is 5.26 Å². The maximum absolute atomic E-state index is 13.5. The van der Waals surface area contributed by atoms with Gasteiger partial charge in [0.2, 0.25) is 0 Å². The van der Waals surface area contributed by atoms with Gasteiger partial charge in [0.1, 0.15) is 11.9 Å². The largest absolute Gasteiger partial charge is 0.392 e. The lowest BCUT2D eigenvalue weighted by Gasteiger charge is -2.08. The van der Waals surface area contributed by atoms with Crippen molar-refractivity contribution in [3.63, 3.8) is 0 Å². The lowest BCUT2D eigenvalue weighted by atomic mass is 10.0. The van der Waals surface area contributed by atoms with Gasteiger partial charge in [-0.05, 0) is 40.3 Å². The van der Waals surface area contributed by atoms with Gasteiger partial charge < -0.3 is 5.11 Å². The highest BCUT2D eigenvalue weighted by Crippen LogP contribution is 2.27. The summed E-state index contributed by atoms with van der Waals surface area (Å²) in [5.74, 6) is -0.533. The zero-order valence-corrected chi connectivity index (χ0v) is 11.3. The fourth-order valence-electron chi connectivity index (χ4n) is 1.64. The Labute approximate surface area is 117 Å². The molecular weight excluding hydrogens is 346 g/mol. The van der Waals surface area contributed by atoms with Crippen LogP contribution in [-0.4, -0.2) is 10.1 Å². The number of aliphatic hydroxyl groups excluding tert-OH is 1. The first-order valence-corrected chi connectivity index (χ1v) is 6.18. The minimum atomic E-state index is -0.533. The molecule has 0 aliphatic heterocycles. The fourth-order valence-corrected chi connectivity index (χ4v) is 2.28. The van der Waals surface area contributed by atoms with Crippen molar-refractivity contribution in [2.24, 2.45) is 0 Å². The zero-order valence-electron chi connectivity index (χ0n) is 9.19. The average Bonchev–Trinajstić information content (AvgIpc) is 2.38. The summed E-state index contributed by atoms with van der Waals surface area (Å²) in [5, 5.41) is 18.1. The van der Waals surface area contributed by atoms with Gasteiger partial charge in [0.25, 0.3) is 0 Å². The zero-order chi connectivity index (χ0) is 13.1. The highest BCUT2D eigenvalue weighted by molar-refractivity contribution is 14.1. The van der Waals surface area contributed by atoms with Crippen LogP contribution in [0, 0.1) is 20.7 Å². The number of aromatic nitrogens is 1. The number of hydrogen-bond acceptors (Lipinski definition) is 3. The molecule has 18 heavy (non-hydrogen) atoms. The minimum Gasteiger partial charge on any atom is -0.392 e. The molecule has 0 unspecified atom stereocenters. The molecule has 2 rings (SSSR count). The Bertz CT molecular complexity index is 637. The van der Waals surface area contributed by atoms with Crippen molar-refractivity contribution in [2.75, 3.05) is 0 Å². The first-order valence-electron chi connectivity index (χ1n) is 5.10.